The van der Waals surface area contributed by atoms with Gasteiger partial charge < -0.3 is 18.9 Å². The molecule has 16 heavy (non-hydrogen) atoms. The molecular formula is C12H16O4. The van der Waals surface area contributed by atoms with Gasteiger partial charge in [0, 0.05) is 6.42 Å². The van der Waals surface area contributed by atoms with Crippen molar-refractivity contribution in [2.24, 2.45) is 0 Å². The van der Waals surface area contributed by atoms with Crippen LogP contribution in [0.25, 0.3) is 0 Å². The normalized spacial score (nSPS) is 16.4. The standard InChI is InChI=1S/C12H16O4/c1-13-10-4-3-9(7-11(10)14-2)8-12-15-5-6-16-12/h3-4,7,12H,5-6,8H2,1-2H3. The fraction of sp³-hybridized carbons (Fsp3) is 0.500. The van der Waals surface area contributed by atoms with E-state index in [1.54, 1.807) is 14.2 Å². The number of methoxy groups -OCH3 is 2. The molecule has 0 spiro atoms. The Hall–Kier alpha value is -1.26. The van der Waals surface area contributed by atoms with E-state index in [9.17, 15) is 0 Å². The first-order valence-electron chi connectivity index (χ1n) is 5.27. The second-order valence-corrected chi connectivity index (χ2v) is 3.56. The Labute approximate surface area is 95.1 Å². The summed E-state index contributed by atoms with van der Waals surface area (Å²) >= 11 is 0. The van der Waals surface area contributed by atoms with Gasteiger partial charge in [-0.3, -0.25) is 0 Å². The molecule has 0 radical (unpaired) electrons. The molecule has 1 aliphatic heterocycles. The molecule has 2 rings (SSSR count). The second-order valence-electron chi connectivity index (χ2n) is 3.56. The van der Waals surface area contributed by atoms with E-state index in [2.05, 4.69) is 0 Å². The average molecular weight is 224 g/mol. The fourth-order valence-corrected chi connectivity index (χ4v) is 1.73. The smallest absolute Gasteiger partial charge is 0.161 e. The van der Waals surface area contributed by atoms with Crippen LogP contribution in [-0.2, 0) is 15.9 Å². The molecule has 0 amide bonds. The topological polar surface area (TPSA) is 36.9 Å². The number of rotatable bonds is 4. The van der Waals surface area contributed by atoms with E-state index in [1.165, 1.54) is 0 Å². The first-order chi connectivity index (χ1) is 7.83. The Balaban J connectivity index is 2.09. The van der Waals surface area contributed by atoms with Gasteiger partial charge >= 0.3 is 0 Å². The van der Waals surface area contributed by atoms with Crippen molar-refractivity contribution in [3.8, 4) is 11.5 Å². The molecule has 1 aromatic rings. The summed E-state index contributed by atoms with van der Waals surface area (Å²) in [5.41, 5.74) is 1.12. The summed E-state index contributed by atoms with van der Waals surface area (Å²) in [6.45, 7) is 1.36. The van der Waals surface area contributed by atoms with Crippen LogP contribution in [-0.4, -0.2) is 33.7 Å². The maximum absolute atomic E-state index is 5.39. The molecule has 0 aliphatic carbocycles. The summed E-state index contributed by atoms with van der Waals surface area (Å²) < 4.78 is 21.2. The SMILES string of the molecule is COc1ccc(CC2OCCO2)cc1OC. The largest absolute Gasteiger partial charge is 0.493 e. The van der Waals surface area contributed by atoms with Crippen LogP contribution in [0.5, 0.6) is 11.5 Å². The van der Waals surface area contributed by atoms with Gasteiger partial charge in [0.05, 0.1) is 27.4 Å². The molecule has 0 aromatic heterocycles. The molecule has 1 aliphatic rings. The lowest BCUT2D eigenvalue weighted by Gasteiger charge is -2.12. The number of hydrogen-bond acceptors (Lipinski definition) is 4. The first-order valence-corrected chi connectivity index (χ1v) is 5.27. The van der Waals surface area contributed by atoms with Crippen molar-refractivity contribution >= 4 is 0 Å². The van der Waals surface area contributed by atoms with Gasteiger partial charge in [-0.05, 0) is 17.7 Å². The van der Waals surface area contributed by atoms with Crippen LogP contribution in [0.1, 0.15) is 5.56 Å². The van der Waals surface area contributed by atoms with Crippen molar-refractivity contribution in [2.45, 2.75) is 12.7 Å². The Morgan fingerprint density at radius 3 is 2.44 bits per heavy atom. The molecule has 0 saturated carbocycles. The highest BCUT2D eigenvalue weighted by atomic mass is 16.7. The van der Waals surface area contributed by atoms with E-state index in [0.29, 0.717) is 13.2 Å². The molecule has 1 saturated heterocycles. The minimum atomic E-state index is -0.127. The Bertz CT molecular complexity index is 345. The summed E-state index contributed by atoms with van der Waals surface area (Å²) in [5.74, 6) is 1.47. The highest BCUT2D eigenvalue weighted by molar-refractivity contribution is 5.42. The summed E-state index contributed by atoms with van der Waals surface area (Å²) in [6.07, 6.45) is 0.610. The van der Waals surface area contributed by atoms with E-state index in [-0.39, 0.29) is 6.29 Å². The van der Waals surface area contributed by atoms with Crippen molar-refractivity contribution < 1.29 is 18.9 Å². The zero-order chi connectivity index (χ0) is 11.4. The van der Waals surface area contributed by atoms with Gasteiger partial charge in [0.1, 0.15) is 0 Å². The number of hydrogen-bond donors (Lipinski definition) is 0. The van der Waals surface area contributed by atoms with Gasteiger partial charge in [-0.2, -0.15) is 0 Å². The van der Waals surface area contributed by atoms with Crippen LogP contribution in [0.3, 0.4) is 0 Å². The molecule has 1 heterocycles. The van der Waals surface area contributed by atoms with Crippen LogP contribution in [0.15, 0.2) is 18.2 Å². The first kappa shape index (κ1) is 11.2. The van der Waals surface area contributed by atoms with Gasteiger partial charge in [-0.1, -0.05) is 6.07 Å². The van der Waals surface area contributed by atoms with E-state index in [4.69, 9.17) is 18.9 Å². The Morgan fingerprint density at radius 1 is 1.12 bits per heavy atom. The summed E-state index contributed by atoms with van der Waals surface area (Å²) in [7, 11) is 3.25. The molecular weight excluding hydrogens is 208 g/mol. The molecule has 4 nitrogen and oxygen atoms in total. The van der Waals surface area contributed by atoms with Gasteiger partial charge in [-0.15, -0.1) is 0 Å². The summed E-state index contributed by atoms with van der Waals surface area (Å²) in [6, 6.07) is 5.83. The summed E-state index contributed by atoms with van der Waals surface area (Å²) in [5, 5.41) is 0. The van der Waals surface area contributed by atoms with Crippen LogP contribution in [0.4, 0.5) is 0 Å². The highest BCUT2D eigenvalue weighted by Gasteiger charge is 2.17. The predicted molar refractivity (Wildman–Crippen MR) is 58.9 cm³/mol. The fourth-order valence-electron chi connectivity index (χ4n) is 1.73. The maximum atomic E-state index is 5.39. The van der Waals surface area contributed by atoms with Crippen molar-refractivity contribution in [2.75, 3.05) is 27.4 Å². The van der Waals surface area contributed by atoms with E-state index in [1.807, 2.05) is 18.2 Å². The Morgan fingerprint density at radius 2 is 1.81 bits per heavy atom. The molecule has 0 N–H and O–H groups in total. The number of ether oxygens (including phenoxy) is 4. The lowest BCUT2D eigenvalue weighted by atomic mass is 10.1. The minimum absolute atomic E-state index is 0.127. The van der Waals surface area contributed by atoms with Crippen molar-refractivity contribution in [3.63, 3.8) is 0 Å². The zero-order valence-electron chi connectivity index (χ0n) is 9.56. The zero-order valence-corrected chi connectivity index (χ0v) is 9.56. The Kier molecular flexibility index (Phi) is 3.64. The lowest BCUT2D eigenvalue weighted by molar-refractivity contribution is -0.0400. The van der Waals surface area contributed by atoms with E-state index in [0.717, 1.165) is 23.5 Å². The highest BCUT2D eigenvalue weighted by Crippen LogP contribution is 2.28. The van der Waals surface area contributed by atoms with Crippen molar-refractivity contribution in [1.82, 2.24) is 0 Å². The third-order valence-corrected chi connectivity index (χ3v) is 2.54. The molecule has 0 bridgehead atoms. The van der Waals surface area contributed by atoms with Crippen LogP contribution < -0.4 is 9.47 Å². The van der Waals surface area contributed by atoms with Crippen LogP contribution >= 0.6 is 0 Å². The number of benzene rings is 1. The van der Waals surface area contributed by atoms with Gasteiger partial charge in [-0.25, -0.2) is 0 Å². The van der Waals surface area contributed by atoms with Crippen LogP contribution in [0, 0.1) is 0 Å². The quantitative estimate of drug-likeness (QED) is 0.778. The van der Waals surface area contributed by atoms with E-state index >= 15 is 0 Å². The molecule has 0 unspecified atom stereocenters. The third kappa shape index (κ3) is 2.46. The van der Waals surface area contributed by atoms with Crippen molar-refractivity contribution in [3.05, 3.63) is 23.8 Å². The van der Waals surface area contributed by atoms with E-state index < -0.39 is 0 Å². The molecule has 4 heteroatoms. The molecule has 0 atom stereocenters. The minimum Gasteiger partial charge on any atom is -0.493 e. The molecule has 88 valence electrons. The summed E-state index contributed by atoms with van der Waals surface area (Å²) in [4.78, 5) is 0. The molecule has 1 fully saturated rings. The van der Waals surface area contributed by atoms with Gasteiger partial charge in [0.25, 0.3) is 0 Å². The maximum Gasteiger partial charge on any atom is 0.161 e. The monoisotopic (exact) mass is 224 g/mol. The molecule has 1 aromatic carbocycles. The second kappa shape index (κ2) is 5.18. The van der Waals surface area contributed by atoms with Crippen molar-refractivity contribution in [1.29, 1.82) is 0 Å². The lowest BCUT2D eigenvalue weighted by Crippen LogP contribution is -2.11. The van der Waals surface area contributed by atoms with Gasteiger partial charge in [0.15, 0.2) is 17.8 Å². The van der Waals surface area contributed by atoms with Crippen LogP contribution in [0.2, 0.25) is 0 Å². The third-order valence-electron chi connectivity index (χ3n) is 2.54. The average Bonchev–Trinajstić information content (AvgIpc) is 2.81. The van der Waals surface area contributed by atoms with Gasteiger partial charge in [0.2, 0.25) is 0 Å². The predicted octanol–water partition coefficient (Wildman–Crippen LogP) is 1.62.